The lowest BCUT2D eigenvalue weighted by Crippen LogP contribution is -2.34. The van der Waals surface area contributed by atoms with Crippen molar-refractivity contribution in [1.29, 1.82) is 0 Å². The highest BCUT2D eigenvalue weighted by Gasteiger charge is 2.32. The van der Waals surface area contributed by atoms with Crippen molar-refractivity contribution in [3.63, 3.8) is 0 Å². The molecule has 1 aliphatic rings. The molecule has 0 aliphatic heterocycles. The highest BCUT2D eigenvalue weighted by molar-refractivity contribution is 5.98. The molecular weight excluding hydrogens is 306 g/mol. The second kappa shape index (κ2) is 5.86. The van der Waals surface area contributed by atoms with E-state index < -0.39 is 12.1 Å². The van der Waals surface area contributed by atoms with Crippen molar-refractivity contribution in [1.82, 2.24) is 25.5 Å². The lowest BCUT2D eigenvalue weighted by atomic mass is 10.1. The molecule has 0 unspecified atom stereocenters. The monoisotopic (exact) mass is 321 g/mol. The van der Waals surface area contributed by atoms with Crippen LogP contribution in [0.15, 0.2) is 54.9 Å². The summed E-state index contributed by atoms with van der Waals surface area (Å²) in [6.45, 7) is 0. The molecule has 2 aromatic carbocycles. The van der Waals surface area contributed by atoms with Crippen LogP contribution in [0.2, 0.25) is 0 Å². The molecule has 1 heterocycles. The first kappa shape index (κ1) is 14.5. The van der Waals surface area contributed by atoms with E-state index in [-0.39, 0.29) is 5.91 Å². The van der Waals surface area contributed by atoms with E-state index in [1.807, 2.05) is 30.3 Å². The number of para-hydroxylation sites is 1. The molecule has 1 aromatic heterocycles. The Morgan fingerprint density at radius 1 is 1.17 bits per heavy atom. The number of nitrogens with zero attached hydrogens (tertiary/aromatic N) is 4. The number of rotatable bonds is 3. The SMILES string of the molecule is O=C(N[C@@H]1c2ccccc2C[C@H]1O)c1ccccc1-n1cnnn1. The van der Waals surface area contributed by atoms with Crippen molar-refractivity contribution in [2.24, 2.45) is 0 Å². The smallest absolute Gasteiger partial charge is 0.254 e. The first-order valence-electron chi connectivity index (χ1n) is 7.63. The normalized spacial score (nSPS) is 19.0. The van der Waals surface area contributed by atoms with Crippen LogP contribution in [0.1, 0.15) is 27.5 Å². The van der Waals surface area contributed by atoms with E-state index in [2.05, 4.69) is 20.8 Å². The fourth-order valence-corrected chi connectivity index (χ4v) is 3.10. The van der Waals surface area contributed by atoms with E-state index in [1.165, 1.54) is 11.0 Å². The molecule has 0 saturated heterocycles. The minimum atomic E-state index is -0.633. The van der Waals surface area contributed by atoms with Crippen LogP contribution in [0.3, 0.4) is 0 Å². The fraction of sp³-hybridized carbons (Fsp3) is 0.176. The van der Waals surface area contributed by atoms with Crippen LogP contribution in [-0.4, -0.2) is 37.3 Å². The summed E-state index contributed by atoms with van der Waals surface area (Å²) in [5.41, 5.74) is 3.05. The average molecular weight is 321 g/mol. The van der Waals surface area contributed by atoms with Gasteiger partial charge in [-0.2, -0.15) is 4.68 Å². The number of hydrogen-bond donors (Lipinski definition) is 2. The van der Waals surface area contributed by atoms with Crippen molar-refractivity contribution >= 4 is 5.91 Å². The number of carbonyl (C=O) groups excluding carboxylic acids is 1. The van der Waals surface area contributed by atoms with Gasteiger partial charge in [0.15, 0.2) is 0 Å². The first-order valence-corrected chi connectivity index (χ1v) is 7.63. The molecule has 120 valence electrons. The summed E-state index contributed by atoms with van der Waals surface area (Å²) in [6, 6.07) is 14.4. The Labute approximate surface area is 137 Å². The molecule has 1 amide bonds. The van der Waals surface area contributed by atoms with Crippen LogP contribution in [0.4, 0.5) is 0 Å². The summed E-state index contributed by atoms with van der Waals surface area (Å²) in [4.78, 5) is 12.8. The number of fused-ring (bicyclic) bond motifs is 1. The Balaban J connectivity index is 1.64. The van der Waals surface area contributed by atoms with Gasteiger partial charge in [0.2, 0.25) is 0 Å². The molecule has 2 atom stereocenters. The van der Waals surface area contributed by atoms with Gasteiger partial charge in [0.05, 0.1) is 23.4 Å². The quantitative estimate of drug-likeness (QED) is 0.752. The molecule has 0 radical (unpaired) electrons. The Kier molecular flexibility index (Phi) is 3.55. The molecule has 0 spiro atoms. The zero-order valence-corrected chi connectivity index (χ0v) is 12.7. The maximum atomic E-state index is 12.8. The number of aliphatic hydroxyl groups is 1. The van der Waals surface area contributed by atoms with Crippen molar-refractivity contribution in [2.45, 2.75) is 18.6 Å². The summed E-state index contributed by atoms with van der Waals surface area (Å²) >= 11 is 0. The van der Waals surface area contributed by atoms with Gasteiger partial charge in [-0.3, -0.25) is 4.79 Å². The lowest BCUT2D eigenvalue weighted by molar-refractivity contribution is 0.0858. The predicted molar refractivity (Wildman–Crippen MR) is 85.5 cm³/mol. The number of amides is 1. The maximum Gasteiger partial charge on any atom is 0.254 e. The molecular formula is C17H15N5O2. The predicted octanol–water partition coefficient (Wildman–Crippen LogP) is 1.05. The van der Waals surface area contributed by atoms with Crippen LogP contribution in [0.25, 0.3) is 5.69 Å². The minimum absolute atomic E-state index is 0.276. The van der Waals surface area contributed by atoms with Gasteiger partial charge in [0.1, 0.15) is 6.33 Å². The van der Waals surface area contributed by atoms with Gasteiger partial charge in [-0.25, -0.2) is 0 Å². The number of hydrogen-bond acceptors (Lipinski definition) is 5. The van der Waals surface area contributed by atoms with Gasteiger partial charge in [0.25, 0.3) is 5.91 Å². The fourth-order valence-electron chi connectivity index (χ4n) is 3.10. The summed E-state index contributed by atoms with van der Waals surface area (Å²) in [7, 11) is 0. The van der Waals surface area contributed by atoms with Gasteiger partial charge in [-0.1, -0.05) is 36.4 Å². The van der Waals surface area contributed by atoms with Gasteiger partial charge in [-0.05, 0) is 33.7 Å². The molecule has 0 saturated carbocycles. The summed E-state index contributed by atoms with van der Waals surface area (Å²) < 4.78 is 1.44. The Morgan fingerprint density at radius 2 is 1.96 bits per heavy atom. The van der Waals surface area contributed by atoms with Gasteiger partial charge in [-0.15, -0.1) is 5.10 Å². The minimum Gasteiger partial charge on any atom is -0.390 e. The van der Waals surface area contributed by atoms with Crippen LogP contribution >= 0.6 is 0 Å². The van der Waals surface area contributed by atoms with Crippen molar-refractivity contribution < 1.29 is 9.90 Å². The van der Waals surface area contributed by atoms with E-state index in [4.69, 9.17) is 0 Å². The van der Waals surface area contributed by atoms with E-state index in [1.54, 1.807) is 18.2 Å². The molecule has 7 nitrogen and oxygen atoms in total. The second-order valence-electron chi connectivity index (χ2n) is 5.69. The van der Waals surface area contributed by atoms with Gasteiger partial charge < -0.3 is 10.4 Å². The molecule has 3 aromatic rings. The van der Waals surface area contributed by atoms with E-state index in [0.717, 1.165) is 11.1 Å². The van der Waals surface area contributed by atoms with Crippen molar-refractivity contribution in [2.75, 3.05) is 0 Å². The van der Waals surface area contributed by atoms with E-state index in [0.29, 0.717) is 17.7 Å². The molecule has 2 N–H and O–H groups in total. The summed E-state index contributed by atoms with van der Waals surface area (Å²) in [5.74, 6) is -0.276. The molecule has 0 bridgehead atoms. The van der Waals surface area contributed by atoms with Crippen LogP contribution < -0.4 is 5.32 Å². The summed E-state index contributed by atoms with van der Waals surface area (Å²) in [5, 5.41) is 24.3. The van der Waals surface area contributed by atoms with E-state index in [9.17, 15) is 9.90 Å². The zero-order chi connectivity index (χ0) is 16.5. The second-order valence-corrected chi connectivity index (χ2v) is 5.69. The molecule has 0 fully saturated rings. The number of tetrazole rings is 1. The highest BCUT2D eigenvalue weighted by atomic mass is 16.3. The Bertz CT molecular complexity index is 878. The number of carbonyl (C=O) groups is 1. The maximum absolute atomic E-state index is 12.8. The Hall–Kier alpha value is -3.06. The number of nitrogens with one attached hydrogen (secondary N) is 1. The largest absolute Gasteiger partial charge is 0.390 e. The first-order chi connectivity index (χ1) is 11.7. The molecule has 4 rings (SSSR count). The number of aliphatic hydroxyl groups excluding tert-OH is 1. The molecule has 7 heteroatoms. The topological polar surface area (TPSA) is 92.9 Å². The average Bonchev–Trinajstić information content (AvgIpc) is 3.24. The van der Waals surface area contributed by atoms with Crippen molar-refractivity contribution in [3.8, 4) is 5.69 Å². The zero-order valence-electron chi connectivity index (χ0n) is 12.7. The third-order valence-corrected chi connectivity index (χ3v) is 4.24. The third kappa shape index (κ3) is 2.44. The lowest BCUT2D eigenvalue weighted by Gasteiger charge is -2.19. The van der Waals surface area contributed by atoms with Crippen LogP contribution in [-0.2, 0) is 6.42 Å². The van der Waals surface area contributed by atoms with Crippen LogP contribution in [0.5, 0.6) is 0 Å². The highest BCUT2D eigenvalue weighted by Crippen LogP contribution is 2.31. The van der Waals surface area contributed by atoms with Gasteiger partial charge in [0, 0.05) is 6.42 Å². The molecule has 24 heavy (non-hydrogen) atoms. The third-order valence-electron chi connectivity index (χ3n) is 4.24. The standard InChI is InChI=1S/C17H15N5O2/c23-15-9-11-5-1-2-6-12(11)16(15)19-17(24)13-7-3-4-8-14(13)22-10-18-20-21-22/h1-8,10,15-16,23H,9H2,(H,19,24)/t15-,16-/m1/s1. The van der Waals surface area contributed by atoms with Crippen LogP contribution in [0, 0.1) is 0 Å². The van der Waals surface area contributed by atoms with Gasteiger partial charge >= 0.3 is 0 Å². The number of aromatic nitrogens is 4. The van der Waals surface area contributed by atoms with Crippen molar-refractivity contribution in [3.05, 3.63) is 71.5 Å². The number of benzene rings is 2. The molecule has 1 aliphatic carbocycles. The van der Waals surface area contributed by atoms with E-state index >= 15 is 0 Å². The Morgan fingerprint density at radius 3 is 2.79 bits per heavy atom. The summed E-state index contributed by atoms with van der Waals surface area (Å²) in [6.07, 6.45) is 1.34.